The van der Waals surface area contributed by atoms with E-state index in [2.05, 4.69) is 5.32 Å². The molecule has 0 aromatic heterocycles. The van der Waals surface area contributed by atoms with Crippen LogP contribution in [-0.4, -0.2) is 0 Å². The molecule has 0 saturated heterocycles. The van der Waals surface area contributed by atoms with Crippen molar-refractivity contribution in [2.75, 3.05) is 5.32 Å². The van der Waals surface area contributed by atoms with Gasteiger partial charge in [0.1, 0.15) is 11.6 Å². The van der Waals surface area contributed by atoms with E-state index in [0.29, 0.717) is 12.1 Å². The molecule has 2 aromatic rings. The van der Waals surface area contributed by atoms with Crippen molar-refractivity contribution in [3.63, 3.8) is 0 Å². The van der Waals surface area contributed by atoms with Crippen LogP contribution in [-0.2, 0) is 6.54 Å². The second kappa shape index (κ2) is 5.17. The van der Waals surface area contributed by atoms with Crippen LogP contribution in [0.15, 0.2) is 36.4 Å². The lowest BCUT2D eigenvalue weighted by molar-refractivity contribution is 0.617. The molecular formula is C15H15F2N. The molecule has 2 rings (SSSR count). The van der Waals surface area contributed by atoms with Gasteiger partial charge in [0.05, 0.1) is 0 Å². The molecule has 0 atom stereocenters. The number of anilines is 1. The van der Waals surface area contributed by atoms with Crippen molar-refractivity contribution >= 4 is 5.69 Å². The molecule has 1 N–H and O–H groups in total. The highest BCUT2D eigenvalue weighted by Gasteiger charge is 2.02. The van der Waals surface area contributed by atoms with E-state index in [-0.39, 0.29) is 11.6 Å². The summed E-state index contributed by atoms with van der Waals surface area (Å²) in [4.78, 5) is 0. The fourth-order valence-corrected chi connectivity index (χ4v) is 1.84. The number of hydrogen-bond donors (Lipinski definition) is 1. The lowest BCUT2D eigenvalue weighted by Crippen LogP contribution is -2.02. The van der Waals surface area contributed by atoms with Crippen molar-refractivity contribution in [1.29, 1.82) is 0 Å². The Bertz CT molecular complexity index is 564. The third-order valence-corrected chi connectivity index (χ3v) is 2.89. The van der Waals surface area contributed by atoms with Gasteiger partial charge in [0.2, 0.25) is 0 Å². The number of rotatable bonds is 3. The summed E-state index contributed by atoms with van der Waals surface area (Å²) in [5, 5.41) is 3.21. The van der Waals surface area contributed by atoms with E-state index in [1.807, 2.05) is 6.92 Å². The number of aryl methyl sites for hydroxylation is 2. The van der Waals surface area contributed by atoms with Crippen molar-refractivity contribution in [3.8, 4) is 0 Å². The average molecular weight is 247 g/mol. The van der Waals surface area contributed by atoms with E-state index in [1.54, 1.807) is 25.1 Å². The minimum absolute atomic E-state index is 0.197. The molecule has 2 aromatic carbocycles. The van der Waals surface area contributed by atoms with Gasteiger partial charge in [0, 0.05) is 12.2 Å². The second-order valence-electron chi connectivity index (χ2n) is 4.40. The summed E-state index contributed by atoms with van der Waals surface area (Å²) in [5.74, 6) is -0.438. The first-order valence-electron chi connectivity index (χ1n) is 5.81. The van der Waals surface area contributed by atoms with E-state index in [0.717, 1.165) is 16.8 Å². The highest BCUT2D eigenvalue weighted by molar-refractivity contribution is 5.51. The van der Waals surface area contributed by atoms with Crippen LogP contribution in [0.2, 0.25) is 0 Å². The third kappa shape index (κ3) is 2.86. The summed E-state index contributed by atoms with van der Waals surface area (Å²) in [5.41, 5.74) is 3.37. The molecule has 94 valence electrons. The number of hydrogen-bond acceptors (Lipinski definition) is 1. The Morgan fingerprint density at radius 2 is 1.72 bits per heavy atom. The van der Waals surface area contributed by atoms with Crippen LogP contribution in [0.4, 0.5) is 14.5 Å². The molecule has 0 bridgehead atoms. The summed E-state index contributed by atoms with van der Waals surface area (Å²) in [6, 6.07) is 9.63. The van der Waals surface area contributed by atoms with Gasteiger partial charge >= 0.3 is 0 Å². The van der Waals surface area contributed by atoms with Gasteiger partial charge in [-0.05, 0) is 54.8 Å². The Balaban J connectivity index is 2.09. The fraction of sp³-hybridized carbons (Fsp3) is 0.200. The van der Waals surface area contributed by atoms with Crippen molar-refractivity contribution < 1.29 is 8.78 Å². The number of nitrogens with one attached hydrogen (secondary N) is 1. The monoisotopic (exact) mass is 247 g/mol. The lowest BCUT2D eigenvalue weighted by atomic mass is 10.1. The van der Waals surface area contributed by atoms with Crippen molar-refractivity contribution in [2.24, 2.45) is 0 Å². The van der Waals surface area contributed by atoms with Gasteiger partial charge in [-0.15, -0.1) is 0 Å². The van der Waals surface area contributed by atoms with Crippen LogP contribution in [0.3, 0.4) is 0 Å². The minimum Gasteiger partial charge on any atom is -0.381 e. The standard InChI is InChI=1S/C15H15F2N/c1-10-7-12(3-5-14(10)17)9-18-15-6-4-13(16)8-11(15)2/h3-8,18H,9H2,1-2H3. The Morgan fingerprint density at radius 3 is 2.39 bits per heavy atom. The highest BCUT2D eigenvalue weighted by Crippen LogP contribution is 2.17. The van der Waals surface area contributed by atoms with Gasteiger partial charge in [-0.3, -0.25) is 0 Å². The predicted octanol–water partition coefficient (Wildman–Crippen LogP) is 4.19. The van der Waals surface area contributed by atoms with E-state index >= 15 is 0 Å². The molecule has 0 amide bonds. The van der Waals surface area contributed by atoms with Crippen LogP contribution in [0.25, 0.3) is 0 Å². The Labute approximate surface area is 105 Å². The zero-order valence-corrected chi connectivity index (χ0v) is 10.4. The van der Waals surface area contributed by atoms with Crippen LogP contribution in [0.5, 0.6) is 0 Å². The van der Waals surface area contributed by atoms with Crippen LogP contribution < -0.4 is 5.32 Å². The summed E-state index contributed by atoms with van der Waals surface area (Å²) in [6.45, 7) is 4.18. The van der Waals surface area contributed by atoms with E-state index in [4.69, 9.17) is 0 Å². The lowest BCUT2D eigenvalue weighted by Gasteiger charge is -2.10. The van der Waals surface area contributed by atoms with E-state index in [1.165, 1.54) is 18.2 Å². The maximum atomic E-state index is 13.1. The Kier molecular flexibility index (Phi) is 3.60. The topological polar surface area (TPSA) is 12.0 Å². The predicted molar refractivity (Wildman–Crippen MR) is 69.6 cm³/mol. The molecule has 1 nitrogen and oxygen atoms in total. The third-order valence-electron chi connectivity index (χ3n) is 2.89. The average Bonchev–Trinajstić information content (AvgIpc) is 2.32. The molecule has 0 unspecified atom stereocenters. The van der Waals surface area contributed by atoms with Crippen molar-refractivity contribution in [1.82, 2.24) is 0 Å². The van der Waals surface area contributed by atoms with Crippen LogP contribution in [0.1, 0.15) is 16.7 Å². The largest absolute Gasteiger partial charge is 0.381 e. The molecule has 0 saturated carbocycles. The maximum Gasteiger partial charge on any atom is 0.126 e. The fourth-order valence-electron chi connectivity index (χ4n) is 1.84. The first kappa shape index (κ1) is 12.6. The van der Waals surface area contributed by atoms with Crippen LogP contribution >= 0.6 is 0 Å². The van der Waals surface area contributed by atoms with Crippen molar-refractivity contribution in [2.45, 2.75) is 20.4 Å². The molecule has 3 heteroatoms. The maximum absolute atomic E-state index is 13.1. The molecular weight excluding hydrogens is 232 g/mol. The zero-order chi connectivity index (χ0) is 13.1. The summed E-state index contributed by atoms with van der Waals surface area (Å²) in [7, 11) is 0. The number of halogens is 2. The first-order chi connectivity index (χ1) is 8.56. The molecule has 0 aliphatic rings. The SMILES string of the molecule is Cc1cc(CNc2ccc(F)cc2C)ccc1F. The molecule has 0 aliphatic heterocycles. The summed E-state index contributed by atoms with van der Waals surface area (Å²) < 4.78 is 26.0. The van der Waals surface area contributed by atoms with Gasteiger partial charge in [-0.2, -0.15) is 0 Å². The van der Waals surface area contributed by atoms with Gasteiger partial charge < -0.3 is 5.32 Å². The molecule has 0 aliphatic carbocycles. The number of benzene rings is 2. The van der Waals surface area contributed by atoms with Gasteiger partial charge in [0.25, 0.3) is 0 Å². The van der Waals surface area contributed by atoms with E-state index in [9.17, 15) is 8.78 Å². The second-order valence-corrected chi connectivity index (χ2v) is 4.40. The van der Waals surface area contributed by atoms with Gasteiger partial charge in [-0.25, -0.2) is 8.78 Å². The highest BCUT2D eigenvalue weighted by atomic mass is 19.1. The van der Waals surface area contributed by atoms with E-state index < -0.39 is 0 Å². The minimum atomic E-state index is -0.240. The molecule has 0 fully saturated rings. The smallest absolute Gasteiger partial charge is 0.126 e. The Hall–Kier alpha value is -1.90. The molecule has 0 heterocycles. The molecule has 0 spiro atoms. The van der Waals surface area contributed by atoms with Gasteiger partial charge in [0.15, 0.2) is 0 Å². The quantitative estimate of drug-likeness (QED) is 0.857. The zero-order valence-electron chi connectivity index (χ0n) is 10.4. The first-order valence-corrected chi connectivity index (χ1v) is 5.81. The Morgan fingerprint density at radius 1 is 0.944 bits per heavy atom. The summed E-state index contributed by atoms with van der Waals surface area (Å²) in [6.07, 6.45) is 0. The summed E-state index contributed by atoms with van der Waals surface area (Å²) >= 11 is 0. The molecule has 0 radical (unpaired) electrons. The normalized spacial score (nSPS) is 10.4. The molecule has 18 heavy (non-hydrogen) atoms. The van der Waals surface area contributed by atoms with Crippen LogP contribution in [0, 0.1) is 25.5 Å². The van der Waals surface area contributed by atoms with Gasteiger partial charge in [-0.1, -0.05) is 12.1 Å². The van der Waals surface area contributed by atoms with Crippen molar-refractivity contribution in [3.05, 3.63) is 64.7 Å².